The number of hydrogen-bond acceptors (Lipinski definition) is 6. The topological polar surface area (TPSA) is 82.6 Å². The molecule has 1 aromatic carbocycles. The highest BCUT2D eigenvalue weighted by atomic mass is 16.4. The highest BCUT2D eigenvalue weighted by Gasteiger charge is 2.42. The van der Waals surface area contributed by atoms with Gasteiger partial charge in [-0.3, -0.25) is 4.90 Å². The summed E-state index contributed by atoms with van der Waals surface area (Å²) in [5, 5.41) is 21.4. The number of piperidine rings is 1. The number of fused-ring (bicyclic) bond motifs is 1. The molecule has 0 bridgehead atoms. The van der Waals surface area contributed by atoms with Gasteiger partial charge in [-0.15, -0.1) is 0 Å². The van der Waals surface area contributed by atoms with Crippen LogP contribution >= 0.6 is 0 Å². The first-order chi connectivity index (χ1) is 11.6. The van der Waals surface area contributed by atoms with Gasteiger partial charge in [0.2, 0.25) is 5.89 Å². The average molecular weight is 325 g/mol. The summed E-state index contributed by atoms with van der Waals surface area (Å²) in [4.78, 5) is 10.6. The van der Waals surface area contributed by atoms with Gasteiger partial charge in [0.15, 0.2) is 11.2 Å². The standard InChI is InChI=1S/C18H19N3O3/c22-15-11-21(10-8-18(15,23)13-5-2-1-3-6-13)12-16-20-17-14(24-16)7-4-9-19-17/h1-7,9,15,22-23H,8,10-12H2/t15-,18-/m0/s1. The van der Waals surface area contributed by atoms with Crippen molar-refractivity contribution >= 4 is 11.2 Å². The summed E-state index contributed by atoms with van der Waals surface area (Å²) < 4.78 is 5.68. The van der Waals surface area contributed by atoms with E-state index in [9.17, 15) is 10.2 Å². The minimum absolute atomic E-state index is 0.359. The quantitative estimate of drug-likeness (QED) is 0.762. The molecular formula is C18H19N3O3. The van der Waals surface area contributed by atoms with Crippen LogP contribution in [0.5, 0.6) is 0 Å². The molecule has 0 saturated carbocycles. The number of oxazole rings is 1. The lowest BCUT2D eigenvalue weighted by molar-refractivity contribution is -0.126. The van der Waals surface area contributed by atoms with Crippen molar-refractivity contribution < 1.29 is 14.6 Å². The first-order valence-corrected chi connectivity index (χ1v) is 8.04. The molecule has 6 nitrogen and oxygen atoms in total. The Morgan fingerprint density at radius 3 is 2.79 bits per heavy atom. The van der Waals surface area contributed by atoms with Crippen LogP contribution in [-0.2, 0) is 12.1 Å². The molecule has 3 aromatic rings. The number of likely N-dealkylation sites (tertiary alicyclic amines) is 1. The predicted molar refractivity (Wildman–Crippen MR) is 88.0 cm³/mol. The number of aliphatic hydroxyl groups excluding tert-OH is 1. The third-order valence-corrected chi connectivity index (χ3v) is 4.63. The molecule has 1 aliphatic rings. The number of rotatable bonds is 3. The van der Waals surface area contributed by atoms with E-state index in [0.29, 0.717) is 43.2 Å². The molecule has 1 aliphatic heterocycles. The highest BCUT2D eigenvalue weighted by Crippen LogP contribution is 2.33. The maximum Gasteiger partial charge on any atom is 0.211 e. The van der Waals surface area contributed by atoms with E-state index >= 15 is 0 Å². The van der Waals surface area contributed by atoms with Crippen LogP contribution in [-0.4, -0.2) is 44.3 Å². The zero-order chi connectivity index (χ0) is 16.6. The van der Waals surface area contributed by atoms with Crippen LogP contribution < -0.4 is 0 Å². The van der Waals surface area contributed by atoms with Gasteiger partial charge in [0.1, 0.15) is 5.60 Å². The molecule has 4 rings (SSSR count). The number of hydrogen-bond donors (Lipinski definition) is 2. The van der Waals surface area contributed by atoms with Gasteiger partial charge in [0.25, 0.3) is 0 Å². The van der Waals surface area contributed by atoms with Crippen molar-refractivity contribution in [3.8, 4) is 0 Å². The molecule has 3 heterocycles. The Morgan fingerprint density at radius 1 is 1.21 bits per heavy atom. The lowest BCUT2D eigenvalue weighted by atomic mass is 9.82. The summed E-state index contributed by atoms with van der Waals surface area (Å²) in [5.41, 5.74) is 0.792. The number of pyridine rings is 1. The van der Waals surface area contributed by atoms with Crippen molar-refractivity contribution in [1.82, 2.24) is 14.9 Å². The number of aromatic nitrogens is 2. The Balaban J connectivity index is 1.48. The van der Waals surface area contributed by atoms with Gasteiger partial charge in [-0.2, -0.15) is 4.98 Å². The van der Waals surface area contributed by atoms with Crippen molar-refractivity contribution in [2.24, 2.45) is 0 Å². The van der Waals surface area contributed by atoms with E-state index in [4.69, 9.17) is 4.42 Å². The first-order valence-electron chi connectivity index (χ1n) is 8.04. The SMILES string of the molecule is O[C@H]1CN(Cc2nc3ncccc3o2)CC[C@]1(O)c1ccccc1. The third kappa shape index (κ3) is 2.69. The second-order valence-electron chi connectivity index (χ2n) is 6.22. The molecule has 24 heavy (non-hydrogen) atoms. The van der Waals surface area contributed by atoms with Crippen LogP contribution in [0, 0.1) is 0 Å². The molecule has 2 atom stereocenters. The van der Waals surface area contributed by atoms with E-state index < -0.39 is 11.7 Å². The van der Waals surface area contributed by atoms with E-state index in [0.717, 1.165) is 5.56 Å². The fraction of sp³-hybridized carbons (Fsp3) is 0.333. The molecule has 2 N–H and O–H groups in total. The summed E-state index contributed by atoms with van der Waals surface area (Å²) in [5.74, 6) is 0.570. The first kappa shape index (κ1) is 15.3. The molecule has 0 spiro atoms. The van der Waals surface area contributed by atoms with Gasteiger partial charge >= 0.3 is 0 Å². The third-order valence-electron chi connectivity index (χ3n) is 4.63. The Morgan fingerprint density at radius 2 is 2.04 bits per heavy atom. The zero-order valence-corrected chi connectivity index (χ0v) is 13.2. The van der Waals surface area contributed by atoms with E-state index in [-0.39, 0.29) is 0 Å². The number of benzene rings is 1. The van der Waals surface area contributed by atoms with Gasteiger partial charge < -0.3 is 14.6 Å². The van der Waals surface area contributed by atoms with Crippen LogP contribution in [0.25, 0.3) is 11.2 Å². The molecule has 6 heteroatoms. The summed E-state index contributed by atoms with van der Waals surface area (Å²) in [6.07, 6.45) is 1.27. The Hall–Kier alpha value is -2.28. The normalized spacial score (nSPS) is 25.2. The predicted octanol–water partition coefficient (Wildman–Crippen LogP) is 1.68. The van der Waals surface area contributed by atoms with Crippen molar-refractivity contribution in [3.05, 3.63) is 60.1 Å². The summed E-state index contributed by atoms with van der Waals surface area (Å²) in [7, 11) is 0. The van der Waals surface area contributed by atoms with E-state index in [1.54, 1.807) is 6.20 Å². The van der Waals surface area contributed by atoms with Gasteiger partial charge in [-0.1, -0.05) is 30.3 Å². The van der Waals surface area contributed by atoms with E-state index in [2.05, 4.69) is 9.97 Å². The molecular weight excluding hydrogens is 306 g/mol. The summed E-state index contributed by atoms with van der Waals surface area (Å²) in [6, 6.07) is 13.0. The van der Waals surface area contributed by atoms with Gasteiger partial charge in [0, 0.05) is 19.3 Å². The lowest BCUT2D eigenvalue weighted by Crippen LogP contribution is -2.53. The highest BCUT2D eigenvalue weighted by molar-refractivity contribution is 5.66. The van der Waals surface area contributed by atoms with Crippen molar-refractivity contribution in [2.75, 3.05) is 13.1 Å². The van der Waals surface area contributed by atoms with Crippen molar-refractivity contribution in [1.29, 1.82) is 0 Å². The molecule has 0 amide bonds. The molecule has 124 valence electrons. The Kier molecular flexibility index (Phi) is 3.80. The van der Waals surface area contributed by atoms with Crippen LogP contribution in [0.1, 0.15) is 17.9 Å². The van der Waals surface area contributed by atoms with Crippen LogP contribution in [0.4, 0.5) is 0 Å². The maximum absolute atomic E-state index is 10.9. The smallest absolute Gasteiger partial charge is 0.211 e. The fourth-order valence-electron chi connectivity index (χ4n) is 3.26. The zero-order valence-electron chi connectivity index (χ0n) is 13.2. The lowest BCUT2D eigenvalue weighted by Gasteiger charge is -2.42. The van der Waals surface area contributed by atoms with Gasteiger partial charge in [-0.25, -0.2) is 4.98 Å². The second-order valence-corrected chi connectivity index (χ2v) is 6.22. The molecule has 1 fully saturated rings. The number of β-amino-alcohol motifs (C(OH)–C–C–N with tert-alkyl or cyclic N) is 1. The summed E-state index contributed by atoms with van der Waals surface area (Å²) >= 11 is 0. The van der Waals surface area contributed by atoms with Gasteiger partial charge in [0.05, 0.1) is 12.6 Å². The van der Waals surface area contributed by atoms with E-state index in [1.165, 1.54) is 0 Å². The summed E-state index contributed by atoms with van der Waals surface area (Å²) in [6.45, 7) is 1.49. The number of nitrogens with zero attached hydrogens (tertiary/aromatic N) is 3. The molecule has 0 unspecified atom stereocenters. The van der Waals surface area contributed by atoms with Crippen LogP contribution in [0.3, 0.4) is 0 Å². The van der Waals surface area contributed by atoms with E-state index in [1.807, 2.05) is 47.4 Å². The van der Waals surface area contributed by atoms with Crippen molar-refractivity contribution in [3.63, 3.8) is 0 Å². The molecule has 0 aliphatic carbocycles. The van der Waals surface area contributed by atoms with Crippen LogP contribution in [0.15, 0.2) is 53.1 Å². The van der Waals surface area contributed by atoms with Crippen molar-refractivity contribution in [2.45, 2.75) is 24.7 Å². The molecule has 2 aromatic heterocycles. The molecule has 0 radical (unpaired) electrons. The average Bonchev–Trinajstić information content (AvgIpc) is 3.01. The molecule has 1 saturated heterocycles. The minimum atomic E-state index is -1.21. The fourth-order valence-corrected chi connectivity index (χ4v) is 3.26. The second kappa shape index (κ2) is 5.98. The number of aliphatic hydroxyl groups is 2. The van der Waals surface area contributed by atoms with Crippen LogP contribution in [0.2, 0.25) is 0 Å². The largest absolute Gasteiger partial charge is 0.438 e. The Bertz CT molecular complexity index is 803. The van der Waals surface area contributed by atoms with Gasteiger partial charge in [-0.05, 0) is 24.1 Å². The maximum atomic E-state index is 10.9. The Labute approximate surface area is 139 Å². The minimum Gasteiger partial charge on any atom is -0.438 e. The monoisotopic (exact) mass is 325 g/mol.